The molecule has 1 aromatic carbocycles. The van der Waals surface area contributed by atoms with Gasteiger partial charge in [0.05, 0.1) is 0 Å². The van der Waals surface area contributed by atoms with Crippen molar-refractivity contribution in [3.63, 3.8) is 0 Å². The van der Waals surface area contributed by atoms with Crippen LogP contribution in [0.4, 0.5) is 14.5 Å². The number of thioether (sulfide) groups is 1. The van der Waals surface area contributed by atoms with Crippen LogP contribution in [0.25, 0.3) is 0 Å². The van der Waals surface area contributed by atoms with Crippen LogP contribution in [0.3, 0.4) is 0 Å². The zero-order valence-electron chi connectivity index (χ0n) is 12.3. The summed E-state index contributed by atoms with van der Waals surface area (Å²) in [6, 6.07) is 6.71. The van der Waals surface area contributed by atoms with Crippen molar-refractivity contribution < 1.29 is 8.78 Å². The highest BCUT2D eigenvalue weighted by molar-refractivity contribution is 7.99. The molecule has 1 saturated carbocycles. The van der Waals surface area contributed by atoms with Gasteiger partial charge in [-0.05, 0) is 61.7 Å². The van der Waals surface area contributed by atoms with E-state index in [0.717, 1.165) is 17.8 Å². The van der Waals surface area contributed by atoms with Gasteiger partial charge in [0.1, 0.15) is 0 Å². The summed E-state index contributed by atoms with van der Waals surface area (Å²) in [7, 11) is 0. The Morgan fingerprint density at radius 2 is 2.05 bits per heavy atom. The lowest BCUT2D eigenvalue weighted by Crippen LogP contribution is -2.27. The summed E-state index contributed by atoms with van der Waals surface area (Å²) >= 11 is 5.72. The van der Waals surface area contributed by atoms with Gasteiger partial charge < -0.3 is 5.32 Å². The highest BCUT2D eigenvalue weighted by Gasteiger charge is 2.15. The summed E-state index contributed by atoms with van der Waals surface area (Å²) in [6.07, 6.45) is 4.61. The molecule has 0 spiro atoms. The number of anilines is 1. The van der Waals surface area contributed by atoms with Crippen molar-refractivity contribution in [2.24, 2.45) is 11.0 Å². The predicted molar refractivity (Wildman–Crippen MR) is 92.7 cm³/mol. The maximum Gasteiger partial charge on any atom is 0.288 e. The van der Waals surface area contributed by atoms with E-state index in [1.165, 1.54) is 19.3 Å². The van der Waals surface area contributed by atoms with E-state index in [-0.39, 0.29) is 0 Å². The fourth-order valence-corrected chi connectivity index (χ4v) is 3.00. The monoisotopic (exact) mass is 343 g/mol. The van der Waals surface area contributed by atoms with Gasteiger partial charge in [0.15, 0.2) is 5.11 Å². The van der Waals surface area contributed by atoms with Gasteiger partial charge in [-0.1, -0.05) is 25.1 Å². The number of hydrazone groups is 1. The second kappa shape index (κ2) is 8.43. The van der Waals surface area contributed by atoms with Crippen LogP contribution >= 0.6 is 24.0 Å². The molecule has 0 amide bonds. The number of nitrogens with zero attached hydrogens (tertiary/aromatic N) is 1. The third-order valence-corrected chi connectivity index (χ3v) is 4.44. The summed E-state index contributed by atoms with van der Waals surface area (Å²) in [5.41, 5.74) is 4.76. The molecular formula is C15H19F2N3S2. The molecule has 3 nitrogen and oxygen atoms in total. The first kappa shape index (κ1) is 17.1. The Kier molecular flexibility index (Phi) is 6.57. The molecule has 120 valence electrons. The van der Waals surface area contributed by atoms with Crippen molar-refractivity contribution in [3.05, 3.63) is 24.3 Å². The number of thiocarbonyl (C=S) groups is 1. The van der Waals surface area contributed by atoms with Gasteiger partial charge in [-0.2, -0.15) is 13.9 Å². The number of rotatable bonds is 4. The summed E-state index contributed by atoms with van der Waals surface area (Å²) in [4.78, 5) is 0.524. The summed E-state index contributed by atoms with van der Waals surface area (Å²) < 4.78 is 24.5. The van der Waals surface area contributed by atoms with Crippen LogP contribution < -0.4 is 10.7 Å². The largest absolute Gasteiger partial charge is 0.331 e. The fourth-order valence-electron chi connectivity index (χ4n) is 2.34. The fraction of sp³-hybridized carbons (Fsp3) is 0.467. The summed E-state index contributed by atoms with van der Waals surface area (Å²) in [6.45, 7) is 2.18. The van der Waals surface area contributed by atoms with Crippen molar-refractivity contribution in [2.45, 2.75) is 43.3 Å². The van der Waals surface area contributed by atoms with Crippen LogP contribution in [0, 0.1) is 5.92 Å². The highest BCUT2D eigenvalue weighted by Crippen LogP contribution is 2.26. The molecule has 0 aromatic heterocycles. The zero-order valence-corrected chi connectivity index (χ0v) is 13.9. The number of alkyl halides is 2. The molecule has 7 heteroatoms. The van der Waals surface area contributed by atoms with E-state index in [1.54, 1.807) is 24.3 Å². The number of halogens is 2. The second-order valence-corrected chi connectivity index (χ2v) is 6.69. The molecule has 2 N–H and O–H groups in total. The number of hydrogen-bond acceptors (Lipinski definition) is 3. The molecule has 1 aliphatic carbocycles. The first-order chi connectivity index (χ1) is 10.5. The van der Waals surface area contributed by atoms with Gasteiger partial charge in [-0.3, -0.25) is 5.43 Å². The van der Waals surface area contributed by atoms with Gasteiger partial charge in [0.25, 0.3) is 5.76 Å². The van der Waals surface area contributed by atoms with E-state index in [0.29, 0.717) is 27.7 Å². The molecule has 0 aliphatic heterocycles. The maximum atomic E-state index is 12.2. The van der Waals surface area contributed by atoms with Crippen molar-refractivity contribution in [1.29, 1.82) is 0 Å². The van der Waals surface area contributed by atoms with Crippen LogP contribution in [-0.2, 0) is 0 Å². The Bertz CT molecular complexity index is 532. The van der Waals surface area contributed by atoms with Crippen molar-refractivity contribution in [3.8, 4) is 0 Å². The number of nitrogens with one attached hydrogen (secondary N) is 2. The van der Waals surface area contributed by atoms with Crippen molar-refractivity contribution >= 4 is 40.5 Å². The smallest absolute Gasteiger partial charge is 0.288 e. The van der Waals surface area contributed by atoms with Crippen LogP contribution in [-0.4, -0.2) is 16.6 Å². The topological polar surface area (TPSA) is 36.4 Å². The van der Waals surface area contributed by atoms with Gasteiger partial charge in [-0.15, -0.1) is 0 Å². The predicted octanol–water partition coefficient (Wildman–Crippen LogP) is 4.85. The Labute approximate surface area is 138 Å². The van der Waals surface area contributed by atoms with Gasteiger partial charge in [-0.25, -0.2) is 0 Å². The molecule has 0 heterocycles. The Morgan fingerprint density at radius 1 is 1.32 bits per heavy atom. The minimum atomic E-state index is -2.41. The van der Waals surface area contributed by atoms with E-state index in [4.69, 9.17) is 12.2 Å². The lowest BCUT2D eigenvalue weighted by Gasteiger charge is -2.20. The molecule has 0 unspecified atom stereocenters. The third-order valence-electron chi connectivity index (χ3n) is 3.53. The average molecular weight is 343 g/mol. The van der Waals surface area contributed by atoms with Crippen molar-refractivity contribution in [1.82, 2.24) is 5.43 Å². The molecule has 2 rings (SSSR count). The van der Waals surface area contributed by atoms with E-state index in [1.807, 2.05) is 0 Å². The van der Waals surface area contributed by atoms with Crippen LogP contribution in [0.1, 0.15) is 32.6 Å². The molecule has 0 radical (unpaired) electrons. The third kappa shape index (κ3) is 5.53. The first-order valence-electron chi connectivity index (χ1n) is 7.23. The second-order valence-electron chi connectivity index (χ2n) is 5.22. The molecule has 0 bridgehead atoms. The van der Waals surface area contributed by atoms with E-state index in [9.17, 15) is 8.78 Å². The van der Waals surface area contributed by atoms with Gasteiger partial charge >= 0.3 is 0 Å². The maximum absolute atomic E-state index is 12.2. The first-order valence-corrected chi connectivity index (χ1v) is 8.51. The van der Waals surface area contributed by atoms with Crippen LogP contribution in [0.2, 0.25) is 0 Å². The standard InChI is InChI=1S/C15H19F2N3S2/c1-10-4-2-3-5-13(10)19-20-15(21)18-11-6-8-12(9-7-11)22-14(16)17/h6-10,14H,2-5H2,1H3,(H2,18,20,21)/b19-13-/t10-/m1/s1. The SMILES string of the molecule is C[C@@H]1CCCC/C1=N/NC(=S)Nc1ccc(SC(F)F)cc1. The molecule has 1 atom stereocenters. The Morgan fingerprint density at radius 3 is 2.68 bits per heavy atom. The molecule has 1 aliphatic rings. The highest BCUT2D eigenvalue weighted by atomic mass is 32.2. The normalized spacial score (nSPS) is 20.2. The van der Waals surface area contributed by atoms with Gasteiger partial charge in [0.2, 0.25) is 0 Å². The molecule has 0 saturated heterocycles. The quantitative estimate of drug-likeness (QED) is 0.465. The Hall–Kier alpha value is -1.21. The lowest BCUT2D eigenvalue weighted by molar-refractivity contribution is 0.252. The van der Waals surface area contributed by atoms with Crippen molar-refractivity contribution in [2.75, 3.05) is 5.32 Å². The van der Waals surface area contributed by atoms with Gasteiger partial charge in [0, 0.05) is 16.3 Å². The molecular weight excluding hydrogens is 324 g/mol. The molecule has 22 heavy (non-hydrogen) atoms. The Balaban J connectivity index is 1.85. The van der Waals surface area contributed by atoms with Crippen LogP contribution in [0.15, 0.2) is 34.3 Å². The van der Waals surface area contributed by atoms with E-state index < -0.39 is 5.76 Å². The molecule has 1 fully saturated rings. The number of benzene rings is 1. The summed E-state index contributed by atoms with van der Waals surface area (Å²) in [5.74, 6) is -1.91. The summed E-state index contributed by atoms with van der Waals surface area (Å²) in [5, 5.41) is 7.77. The molecule has 1 aromatic rings. The number of hydrogen-bond donors (Lipinski definition) is 2. The minimum absolute atomic E-state index is 0.402. The lowest BCUT2D eigenvalue weighted by atomic mass is 9.89. The minimum Gasteiger partial charge on any atom is -0.331 e. The average Bonchev–Trinajstić information content (AvgIpc) is 2.48. The van der Waals surface area contributed by atoms with Crippen LogP contribution in [0.5, 0.6) is 0 Å². The van der Waals surface area contributed by atoms with E-state index in [2.05, 4.69) is 22.8 Å². The zero-order chi connectivity index (χ0) is 15.9. The van der Waals surface area contributed by atoms with E-state index >= 15 is 0 Å².